The summed E-state index contributed by atoms with van der Waals surface area (Å²) in [6, 6.07) is 5.94. The molecule has 0 radical (unpaired) electrons. The Balaban J connectivity index is 2.75. The van der Waals surface area contributed by atoms with E-state index in [4.69, 9.17) is 0 Å². The molecule has 0 unspecified atom stereocenters. The van der Waals surface area contributed by atoms with Crippen LogP contribution in [0.5, 0.6) is 5.75 Å². The number of aromatic nitrogens is 2. The number of benzene rings is 1. The van der Waals surface area contributed by atoms with Crippen LogP contribution in [0.25, 0.3) is 21.7 Å². The number of nitrogens with one attached hydrogen (secondary N) is 2. The summed E-state index contributed by atoms with van der Waals surface area (Å²) in [4.78, 5) is 28.7. The number of aromatic amines is 2. The van der Waals surface area contributed by atoms with E-state index in [2.05, 4.69) is 9.97 Å². The van der Waals surface area contributed by atoms with E-state index in [1.165, 1.54) is 24.4 Å². The van der Waals surface area contributed by atoms with Crippen molar-refractivity contribution < 1.29 is 5.11 Å². The summed E-state index contributed by atoms with van der Waals surface area (Å²) in [5.41, 5.74) is -0.121. The van der Waals surface area contributed by atoms with E-state index < -0.39 is 0 Å². The standard InChI is InChI=1S/C12H8N2O3/c15-6-1-2-7-8(5-6)10-9(14-11(7)16)3-4-13-12(10)17/h1-5,15H,(H,13,17)(H,14,16). The van der Waals surface area contributed by atoms with Gasteiger partial charge in [-0.1, -0.05) is 0 Å². The second kappa shape index (κ2) is 3.21. The van der Waals surface area contributed by atoms with Gasteiger partial charge in [0, 0.05) is 17.0 Å². The molecule has 2 aromatic heterocycles. The van der Waals surface area contributed by atoms with Gasteiger partial charge in [0.1, 0.15) is 5.75 Å². The van der Waals surface area contributed by atoms with Crippen molar-refractivity contribution in [2.24, 2.45) is 0 Å². The Bertz CT molecular complexity index is 844. The first kappa shape index (κ1) is 9.65. The molecule has 84 valence electrons. The maximum absolute atomic E-state index is 11.8. The van der Waals surface area contributed by atoms with Crippen molar-refractivity contribution in [2.75, 3.05) is 0 Å². The Morgan fingerprint density at radius 3 is 2.65 bits per heavy atom. The van der Waals surface area contributed by atoms with Gasteiger partial charge in [-0.3, -0.25) is 9.59 Å². The SMILES string of the molecule is O=c1[nH]c2cc[nH]c(=O)c2c2cc(O)ccc12. The molecule has 0 aliphatic carbocycles. The molecule has 0 amide bonds. The molecule has 5 heteroatoms. The number of pyridine rings is 2. The minimum absolute atomic E-state index is 0.0210. The van der Waals surface area contributed by atoms with Crippen molar-refractivity contribution in [3.63, 3.8) is 0 Å². The molecule has 0 fully saturated rings. The highest BCUT2D eigenvalue weighted by Crippen LogP contribution is 2.21. The fourth-order valence-corrected chi connectivity index (χ4v) is 1.98. The summed E-state index contributed by atoms with van der Waals surface area (Å²) in [7, 11) is 0. The zero-order valence-corrected chi connectivity index (χ0v) is 8.65. The third kappa shape index (κ3) is 1.32. The topological polar surface area (TPSA) is 86.0 Å². The van der Waals surface area contributed by atoms with Crippen LogP contribution in [-0.2, 0) is 0 Å². The van der Waals surface area contributed by atoms with Crippen LogP contribution < -0.4 is 11.1 Å². The number of H-pyrrole nitrogens is 2. The van der Waals surface area contributed by atoms with Crippen molar-refractivity contribution in [3.05, 3.63) is 51.2 Å². The zero-order chi connectivity index (χ0) is 12.0. The third-order valence-corrected chi connectivity index (χ3v) is 2.73. The lowest BCUT2D eigenvalue weighted by atomic mass is 10.1. The van der Waals surface area contributed by atoms with Gasteiger partial charge in [-0.2, -0.15) is 0 Å². The van der Waals surface area contributed by atoms with Crippen molar-refractivity contribution in [1.29, 1.82) is 0 Å². The number of phenols is 1. The zero-order valence-electron chi connectivity index (χ0n) is 8.65. The monoisotopic (exact) mass is 228 g/mol. The Labute approximate surface area is 94.4 Å². The highest BCUT2D eigenvalue weighted by atomic mass is 16.3. The van der Waals surface area contributed by atoms with Gasteiger partial charge >= 0.3 is 0 Å². The molecule has 3 N–H and O–H groups in total. The molecule has 0 bridgehead atoms. The molecule has 5 nitrogen and oxygen atoms in total. The molecule has 0 saturated carbocycles. The number of hydrogen-bond donors (Lipinski definition) is 3. The predicted octanol–water partition coefficient (Wildman–Crippen LogP) is 1.08. The predicted molar refractivity (Wildman–Crippen MR) is 64.4 cm³/mol. The van der Waals surface area contributed by atoms with Crippen molar-refractivity contribution in [3.8, 4) is 5.75 Å². The van der Waals surface area contributed by atoms with E-state index in [1.807, 2.05) is 0 Å². The summed E-state index contributed by atoms with van der Waals surface area (Å²) in [6.45, 7) is 0. The lowest BCUT2D eigenvalue weighted by Crippen LogP contribution is -2.12. The fourth-order valence-electron chi connectivity index (χ4n) is 1.98. The van der Waals surface area contributed by atoms with Crippen LogP contribution in [0.4, 0.5) is 0 Å². The number of rotatable bonds is 0. The second-order valence-electron chi connectivity index (χ2n) is 3.78. The van der Waals surface area contributed by atoms with E-state index in [9.17, 15) is 14.7 Å². The molecular formula is C12H8N2O3. The molecule has 17 heavy (non-hydrogen) atoms. The van der Waals surface area contributed by atoms with Crippen LogP contribution in [-0.4, -0.2) is 15.1 Å². The molecule has 0 aliphatic rings. The molecule has 3 rings (SSSR count). The van der Waals surface area contributed by atoms with Crippen LogP contribution in [0.2, 0.25) is 0 Å². The molecule has 0 saturated heterocycles. The maximum Gasteiger partial charge on any atom is 0.257 e. The Morgan fingerprint density at radius 1 is 1.00 bits per heavy atom. The van der Waals surface area contributed by atoms with Crippen LogP contribution >= 0.6 is 0 Å². The largest absolute Gasteiger partial charge is 0.508 e. The van der Waals surface area contributed by atoms with Gasteiger partial charge in [-0.05, 0) is 24.3 Å². The van der Waals surface area contributed by atoms with Gasteiger partial charge in [-0.15, -0.1) is 0 Å². The summed E-state index contributed by atoms with van der Waals surface area (Å²) in [6.07, 6.45) is 1.47. The first-order valence-corrected chi connectivity index (χ1v) is 5.03. The average molecular weight is 228 g/mol. The summed E-state index contributed by atoms with van der Waals surface area (Å²) in [5.74, 6) is 0.0210. The van der Waals surface area contributed by atoms with Gasteiger partial charge in [0.2, 0.25) is 0 Å². The fraction of sp³-hybridized carbons (Fsp3) is 0. The maximum atomic E-state index is 11.8. The lowest BCUT2D eigenvalue weighted by molar-refractivity contribution is 0.476. The summed E-state index contributed by atoms with van der Waals surface area (Å²) >= 11 is 0. The first-order chi connectivity index (χ1) is 8.16. The first-order valence-electron chi connectivity index (χ1n) is 5.03. The summed E-state index contributed by atoms with van der Waals surface area (Å²) in [5, 5.41) is 10.7. The van der Waals surface area contributed by atoms with Gasteiger partial charge in [0.15, 0.2) is 0 Å². The minimum Gasteiger partial charge on any atom is -0.508 e. The van der Waals surface area contributed by atoms with E-state index in [0.717, 1.165) is 0 Å². The third-order valence-electron chi connectivity index (χ3n) is 2.73. The van der Waals surface area contributed by atoms with E-state index >= 15 is 0 Å². The second-order valence-corrected chi connectivity index (χ2v) is 3.78. The van der Waals surface area contributed by atoms with Crippen molar-refractivity contribution in [2.45, 2.75) is 0 Å². The van der Waals surface area contributed by atoms with Crippen LogP contribution in [0.1, 0.15) is 0 Å². The number of phenolic OH excluding ortho intramolecular Hbond substituents is 1. The smallest absolute Gasteiger partial charge is 0.257 e. The van der Waals surface area contributed by atoms with Gasteiger partial charge in [0.05, 0.1) is 10.9 Å². The highest BCUT2D eigenvalue weighted by Gasteiger charge is 2.08. The minimum atomic E-state index is -0.297. The molecule has 3 aromatic rings. The van der Waals surface area contributed by atoms with E-state index in [-0.39, 0.29) is 16.9 Å². The van der Waals surface area contributed by atoms with Gasteiger partial charge in [0.25, 0.3) is 11.1 Å². The van der Waals surface area contributed by atoms with Crippen molar-refractivity contribution >= 4 is 21.7 Å². The number of hydrogen-bond acceptors (Lipinski definition) is 3. The summed E-state index contributed by atoms with van der Waals surface area (Å²) < 4.78 is 0. The highest BCUT2D eigenvalue weighted by molar-refractivity contribution is 6.05. The van der Waals surface area contributed by atoms with E-state index in [1.54, 1.807) is 6.07 Å². The normalized spacial score (nSPS) is 11.1. The van der Waals surface area contributed by atoms with Crippen LogP contribution in [0.15, 0.2) is 40.1 Å². The van der Waals surface area contributed by atoms with Gasteiger partial charge < -0.3 is 15.1 Å². The molecule has 0 aliphatic heterocycles. The molecule has 0 atom stereocenters. The van der Waals surface area contributed by atoms with E-state index in [0.29, 0.717) is 21.7 Å². The Kier molecular flexibility index (Phi) is 1.82. The quantitative estimate of drug-likeness (QED) is 0.503. The Hall–Kier alpha value is -2.56. The molecule has 1 aromatic carbocycles. The van der Waals surface area contributed by atoms with Crippen LogP contribution in [0, 0.1) is 0 Å². The van der Waals surface area contributed by atoms with Gasteiger partial charge in [-0.25, -0.2) is 0 Å². The number of aromatic hydroxyl groups is 1. The van der Waals surface area contributed by atoms with Crippen LogP contribution in [0.3, 0.4) is 0 Å². The number of fused-ring (bicyclic) bond motifs is 3. The van der Waals surface area contributed by atoms with Crippen molar-refractivity contribution in [1.82, 2.24) is 9.97 Å². The molecule has 0 spiro atoms. The molecular weight excluding hydrogens is 220 g/mol. The molecule has 2 heterocycles. The lowest BCUT2D eigenvalue weighted by Gasteiger charge is -2.02. The average Bonchev–Trinajstić information content (AvgIpc) is 2.28. The Morgan fingerprint density at radius 2 is 1.82 bits per heavy atom.